The van der Waals surface area contributed by atoms with Crippen molar-refractivity contribution in [2.45, 2.75) is 25.4 Å². The first kappa shape index (κ1) is 16.5. The van der Waals surface area contributed by atoms with Gasteiger partial charge in [-0.3, -0.25) is 9.78 Å². The first-order chi connectivity index (χ1) is 13.8. The summed E-state index contributed by atoms with van der Waals surface area (Å²) in [5, 5.41) is 12.7. The zero-order valence-electron chi connectivity index (χ0n) is 15.0. The summed E-state index contributed by atoms with van der Waals surface area (Å²) < 4.78 is 5.45. The monoisotopic (exact) mass is 375 g/mol. The average Bonchev–Trinajstić information content (AvgIpc) is 3.46. The van der Waals surface area contributed by atoms with Gasteiger partial charge in [0.25, 0.3) is 0 Å². The minimum absolute atomic E-state index is 0.0691. The highest BCUT2D eigenvalue weighted by Crippen LogP contribution is 2.32. The number of pyridine rings is 1. The molecule has 0 radical (unpaired) electrons. The third-order valence-corrected chi connectivity index (χ3v) is 4.80. The van der Waals surface area contributed by atoms with Crippen molar-refractivity contribution in [2.75, 3.05) is 6.54 Å². The standard InChI is InChI=1S/C19H17N7O2/c27-17(12-26-22-13-6-1-2-7-14(13)23-26)25-11-5-9-16(25)19-21-18(24-28-19)15-8-3-4-10-20-15/h1-4,6-8,10,16H,5,9,11-12H2/t16-/m1/s1. The molecule has 1 saturated heterocycles. The molecule has 4 aromatic rings. The molecular formula is C19H17N7O2. The molecule has 0 spiro atoms. The fourth-order valence-electron chi connectivity index (χ4n) is 3.48. The number of hydrogen-bond donors (Lipinski definition) is 0. The summed E-state index contributed by atoms with van der Waals surface area (Å²) >= 11 is 0. The van der Waals surface area contributed by atoms with Gasteiger partial charge in [-0.05, 0) is 37.1 Å². The van der Waals surface area contributed by atoms with Gasteiger partial charge in [-0.2, -0.15) is 20.0 Å². The van der Waals surface area contributed by atoms with E-state index < -0.39 is 0 Å². The second-order valence-electron chi connectivity index (χ2n) is 6.64. The van der Waals surface area contributed by atoms with Crippen LogP contribution in [0, 0.1) is 0 Å². The van der Waals surface area contributed by atoms with Crippen molar-refractivity contribution in [1.82, 2.24) is 35.0 Å². The van der Waals surface area contributed by atoms with E-state index in [0.717, 1.165) is 23.9 Å². The third-order valence-electron chi connectivity index (χ3n) is 4.80. The highest BCUT2D eigenvalue weighted by Gasteiger charge is 2.34. The second kappa shape index (κ2) is 6.84. The quantitative estimate of drug-likeness (QED) is 0.539. The van der Waals surface area contributed by atoms with Crippen molar-refractivity contribution in [3.05, 3.63) is 54.6 Å². The summed E-state index contributed by atoms with van der Waals surface area (Å²) in [6.07, 6.45) is 3.34. The largest absolute Gasteiger partial charge is 0.337 e. The van der Waals surface area contributed by atoms with E-state index in [-0.39, 0.29) is 18.5 Å². The molecule has 9 heteroatoms. The number of aromatic nitrogens is 6. The molecule has 0 saturated carbocycles. The smallest absolute Gasteiger partial charge is 0.249 e. The maximum atomic E-state index is 12.9. The molecule has 5 rings (SSSR count). The molecule has 1 aromatic carbocycles. The van der Waals surface area contributed by atoms with Gasteiger partial charge in [0.2, 0.25) is 17.6 Å². The number of amides is 1. The Labute approximate surface area is 160 Å². The lowest BCUT2D eigenvalue weighted by atomic mass is 10.2. The Morgan fingerprint density at radius 2 is 1.89 bits per heavy atom. The molecule has 1 aliphatic rings. The molecule has 0 bridgehead atoms. The van der Waals surface area contributed by atoms with E-state index in [9.17, 15) is 4.79 Å². The van der Waals surface area contributed by atoms with Crippen LogP contribution in [0.3, 0.4) is 0 Å². The van der Waals surface area contributed by atoms with Crippen molar-refractivity contribution in [3.8, 4) is 11.5 Å². The van der Waals surface area contributed by atoms with Gasteiger partial charge in [0, 0.05) is 12.7 Å². The number of hydrogen-bond acceptors (Lipinski definition) is 7. The molecule has 1 aliphatic heterocycles. The van der Waals surface area contributed by atoms with E-state index in [0.29, 0.717) is 24.0 Å². The van der Waals surface area contributed by atoms with Crippen molar-refractivity contribution >= 4 is 16.9 Å². The van der Waals surface area contributed by atoms with Gasteiger partial charge in [0.05, 0.1) is 0 Å². The van der Waals surface area contributed by atoms with Gasteiger partial charge in [-0.1, -0.05) is 23.4 Å². The molecule has 1 fully saturated rings. The van der Waals surface area contributed by atoms with Crippen molar-refractivity contribution in [1.29, 1.82) is 0 Å². The van der Waals surface area contributed by atoms with Gasteiger partial charge in [0.1, 0.15) is 29.3 Å². The van der Waals surface area contributed by atoms with Gasteiger partial charge in [0.15, 0.2) is 0 Å². The molecular weight excluding hydrogens is 358 g/mol. The third kappa shape index (κ3) is 3.00. The van der Waals surface area contributed by atoms with Crippen LogP contribution >= 0.6 is 0 Å². The first-order valence-corrected chi connectivity index (χ1v) is 9.12. The van der Waals surface area contributed by atoms with E-state index in [1.807, 2.05) is 42.5 Å². The molecule has 9 nitrogen and oxygen atoms in total. The van der Waals surface area contributed by atoms with Crippen LogP contribution in [0.2, 0.25) is 0 Å². The predicted molar refractivity (Wildman–Crippen MR) is 98.7 cm³/mol. The number of rotatable bonds is 4. The lowest BCUT2D eigenvalue weighted by Gasteiger charge is -2.21. The molecule has 1 amide bonds. The summed E-state index contributed by atoms with van der Waals surface area (Å²) in [4.78, 5) is 24.8. The topological polar surface area (TPSA) is 103 Å². The van der Waals surface area contributed by atoms with E-state index in [4.69, 9.17) is 4.52 Å². The SMILES string of the molecule is O=C(Cn1nc2ccccc2n1)N1CCC[C@@H]1c1nc(-c2ccccn2)no1. The lowest BCUT2D eigenvalue weighted by molar-refractivity contribution is -0.133. The maximum Gasteiger partial charge on any atom is 0.249 e. The van der Waals surface area contributed by atoms with Crippen LogP contribution in [0.25, 0.3) is 22.6 Å². The Bertz CT molecular complexity index is 1090. The number of carbonyl (C=O) groups excluding carboxylic acids is 1. The van der Waals surface area contributed by atoms with Gasteiger partial charge < -0.3 is 9.42 Å². The van der Waals surface area contributed by atoms with Crippen LogP contribution in [-0.4, -0.2) is 47.5 Å². The van der Waals surface area contributed by atoms with Crippen LogP contribution in [0.15, 0.2) is 53.2 Å². The van der Waals surface area contributed by atoms with Crippen LogP contribution < -0.4 is 0 Å². The fraction of sp³-hybridized carbons (Fsp3) is 0.263. The predicted octanol–water partition coefficient (Wildman–Crippen LogP) is 2.24. The summed E-state index contributed by atoms with van der Waals surface area (Å²) in [6.45, 7) is 0.720. The fourth-order valence-corrected chi connectivity index (χ4v) is 3.48. The molecule has 28 heavy (non-hydrogen) atoms. The number of benzene rings is 1. The summed E-state index contributed by atoms with van der Waals surface area (Å²) in [5.41, 5.74) is 2.18. The van der Waals surface area contributed by atoms with Gasteiger partial charge in [-0.15, -0.1) is 0 Å². The molecule has 1 atom stereocenters. The number of fused-ring (bicyclic) bond motifs is 1. The zero-order chi connectivity index (χ0) is 18.9. The van der Waals surface area contributed by atoms with E-state index in [1.54, 1.807) is 11.1 Å². The Balaban J connectivity index is 1.35. The highest BCUT2D eigenvalue weighted by atomic mass is 16.5. The second-order valence-corrected chi connectivity index (χ2v) is 6.64. The van der Waals surface area contributed by atoms with E-state index in [2.05, 4.69) is 25.3 Å². The molecule has 3 aromatic heterocycles. The summed E-state index contributed by atoms with van der Waals surface area (Å²) in [6, 6.07) is 12.8. The van der Waals surface area contributed by atoms with Crippen LogP contribution in [-0.2, 0) is 11.3 Å². The van der Waals surface area contributed by atoms with Crippen molar-refractivity contribution < 1.29 is 9.32 Å². The van der Waals surface area contributed by atoms with Crippen LogP contribution in [0.1, 0.15) is 24.8 Å². The Morgan fingerprint density at radius 1 is 1.11 bits per heavy atom. The summed E-state index contributed by atoms with van der Waals surface area (Å²) in [7, 11) is 0. The number of likely N-dealkylation sites (tertiary alicyclic amines) is 1. The minimum atomic E-state index is -0.234. The maximum absolute atomic E-state index is 12.9. The van der Waals surface area contributed by atoms with Gasteiger partial charge in [-0.25, -0.2) is 0 Å². The van der Waals surface area contributed by atoms with Crippen LogP contribution in [0.5, 0.6) is 0 Å². The molecule has 0 aliphatic carbocycles. The highest BCUT2D eigenvalue weighted by molar-refractivity contribution is 5.77. The molecule has 4 heterocycles. The minimum Gasteiger partial charge on any atom is -0.337 e. The van der Waals surface area contributed by atoms with Gasteiger partial charge >= 0.3 is 0 Å². The van der Waals surface area contributed by atoms with Crippen LogP contribution in [0.4, 0.5) is 0 Å². The van der Waals surface area contributed by atoms with E-state index in [1.165, 1.54) is 4.80 Å². The lowest BCUT2D eigenvalue weighted by Crippen LogP contribution is -2.34. The Kier molecular flexibility index (Phi) is 4.04. The van der Waals surface area contributed by atoms with Crippen molar-refractivity contribution in [2.24, 2.45) is 0 Å². The van der Waals surface area contributed by atoms with Crippen molar-refractivity contribution in [3.63, 3.8) is 0 Å². The van der Waals surface area contributed by atoms with E-state index >= 15 is 0 Å². The zero-order valence-corrected chi connectivity index (χ0v) is 15.0. The normalized spacial score (nSPS) is 16.7. The molecule has 140 valence electrons. The Morgan fingerprint density at radius 3 is 2.64 bits per heavy atom. The molecule has 0 N–H and O–H groups in total. The number of nitrogens with zero attached hydrogens (tertiary/aromatic N) is 7. The average molecular weight is 375 g/mol. The summed E-state index contributed by atoms with van der Waals surface area (Å²) in [5.74, 6) is 0.792. The number of carbonyl (C=O) groups is 1. The Hall–Kier alpha value is -3.62. The molecule has 0 unspecified atom stereocenters. The first-order valence-electron chi connectivity index (χ1n) is 9.12.